The monoisotopic (exact) mass is 343 g/mol. The van der Waals surface area contributed by atoms with Crippen LogP contribution in [0.1, 0.15) is 60.5 Å². The quantitative estimate of drug-likeness (QED) is 0.632. The van der Waals surface area contributed by atoms with Crippen LogP contribution in [-0.2, 0) is 11.2 Å². The molecule has 7 nitrogen and oxygen atoms in total. The molecule has 0 aliphatic heterocycles. The van der Waals surface area contributed by atoms with Crippen LogP contribution in [0.4, 0.5) is 0 Å². The van der Waals surface area contributed by atoms with E-state index in [1.807, 2.05) is 13.8 Å². The molecular weight excluding hydrogens is 322 g/mol. The molecule has 1 aromatic heterocycles. The van der Waals surface area contributed by atoms with Gasteiger partial charge in [-0.25, -0.2) is 0 Å². The summed E-state index contributed by atoms with van der Waals surface area (Å²) in [5.74, 6) is -3.46. The summed E-state index contributed by atoms with van der Waals surface area (Å²) in [7, 11) is 0. The summed E-state index contributed by atoms with van der Waals surface area (Å²) in [5.41, 5.74) is -0.527. The van der Waals surface area contributed by atoms with Gasteiger partial charge in [0, 0.05) is 23.7 Å². The van der Waals surface area contributed by atoms with Gasteiger partial charge in [0.2, 0.25) is 5.91 Å². The second-order valence-corrected chi connectivity index (χ2v) is 7.43. The molecule has 0 bridgehead atoms. The van der Waals surface area contributed by atoms with Gasteiger partial charge in [-0.3, -0.25) is 19.2 Å². The molecule has 7 heteroatoms. The van der Waals surface area contributed by atoms with Crippen molar-refractivity contribution in [2.45, 2.75) is 46.6 Å². The van der Waals surface area contributed by atoms with Crippen molar-refractivity contribution in [3.05, 3.63) is 33.2 Å². The molecule has 2 N–H and O–H groups in total. The lowest BCUT2D eigenvalue weighted by molar-refractivity contribution is -0.122. The summed E-state index contributed by atoms with van der Waals surface area (Å²) in [6, 6.07) is 2.61. The van der Waals surface area contributed by atoms with Crippen molar-refractivity contribution in [3.63, 3.8) is 0 Å². The van der Waals surface area contributed by atoms with Crippen LogP contribution >= 0.6 is 0 Å². The smallest absolute Gasteiger partial charge is 0.259 e. The van der Waals surface area contributed by atoms with Gasteiger partial charge in [-0.1, -0.05) is 13.8 Å². The zero-order chi connectivity index (χ0) is 18.9. The molecule has 2 rings (SSSR count). The predicted molar refractivity (Wildman–Crippen MR) is 90.2 cm³/mol. The molecule has 1 heterocycles. The average molecular weight is 343 g/mol. The van der Waals surface area contributed by atoms with E-state index in [1.165, 1.54) is 6.07 Å². The zero-order valence-electron chi connectivity index (χ0n) is 14.7. The van der Waals surface area contributed by atoms with Crippen LogP contribution in [0.5, 0.6) is 0 Å². The van der Waals surface area contributed by atoms with Gasteiger partial charge in [-0.15, -0.1) is 0 Å². The Morgan fingerprint density at radius 1 is 1.28 bits per heavy atom. The molecule has 0 saturated carbocycles. The van der Waals surface area contributed by atoms with Crippen LogP contribution in [-0.4, -0.2) is 28.5 Å². The molecule has 0 aromatic carbocycles. The highest BCUT2D eigenvalue weighted by atomic mass is 16.2. The third-order valence-electron chi connectivity index (χ3n) is 4.07. The predicted octanol–water partition coefficient (Wildman–Crippen LogP) is 1.38. The minimum atomic E-state index is -1.63. The number of rotatable bonds is 4. The Bertz CT molecular complexity index is 843. The van der Waals surface area contributed by atoms with Gasteiger partial charge >= 0.3 is 0 Å². The topological polar surface area (TPSA) is 120 Å². The number of carbonyl (C=O) groups excluding carboxylic acids is 3. The number of hydrogen-bond donors (Lipinski definition) is 2. The van der Waals surface area contributed by atoms with Crippen molar-refractivity contribution < 1.29 is 14.4 Å². The van der Waals surface area contributed by atoms with Crippen molar-refractivity contribution in [2.24, 2.45) is 11.3 Å². The van der Waals surface area contributed by atoms with Crippen molar-refractivity contribution >= 4 is 17.5 Å². The zero-order valence-corrected chi connectivity index (χ0v) is 14.7. The average Bonchev–Trinajstić information content (AvgIpc) is 2.44. The first-order chi connectivity index (χ1) is 11.6. The molecule has 132 valence electrons. The Kier molecular flexibility index (Phi) is 4.93. The minimum Gasteiger partial charge on any atom is -0.352 e. The molecule has 1 aliphatic rings. The van der Waals surface area contributed by atoms with Crippen LogP contribution < -0.4 is 10.9 Å². The summed E-state index contributed by atoms with van der Waals surface area (Å²) < 4.78 is 0. The van der Waals surface area contributed by atoms with E-state index >= 15 is 0 Å². The fourth-order valence-electron chi connectivity index (χ4n) is 2.97. The maximum atomic E-state index is 12.5. The number of carbonyl (C=O) groups is 3. The number of nitrogens with zero attached hydrogens (tertiary/aromatic N) is 1. The number of nitrogens with one attached hydrogen (secondary N) is 2. The second-order valence-electron chi connectivity index (χ2n) is 7.43. The molecule has 0 spiro atoms. The van der Waals surface area contributed by atoms with E-state index in [2.05, 4.69) is 10.3 Å². The lowest BCUT2D eigenvalue weighted by atomic mass is 9.75. The second kappa shape index (κ2) is 6.63. The highest BCUT2D eigenvalue weighted by Gasteiger charge is 2.35. The molecule has 1 aliphatic carbocycles. The number of pyridine rings is 1. The van der Waals surface area contributed by atoms with E-state index in [0.717, 1.165) is 0 Å². The number of H-pyrrole nitrogens is 1. The van der Waals surface area contributed by atoms with Crippen molar-refractivity contribution in [1.29, 1.82) is 5.26 Å². The third kappa shape index (κ3) is 3.85. The maximum absolute atomic E-state index is 12.5. The van der Waals surface area contributed by atoms with Crippen molar-refractivity contribution in [2.75, 3.05) is 0 Å². The number of hydrogen-bond acceptors (Lipinski definition) is 5. The molecule has 1 aromatic rings. The minimum absolute atomic E-state index is 0.170. The number of nitriles is 1. The van der Waals surface area contributed by atoms with E-state index < -0.39 is 23.2 Å². The Hall–Kier alpha value is -2.75. The lowest BCUT2D eigenvalue weighted by Gasteiger charge is -2.29. The summed E-state index contributed by atoms with van der Waals surface area (Å²) in [6.45, 7) is 7.24. The van der Waals surface area contributed by atoms with Crippen LogP contribution in [0.2, 0.25) is 0 Å². The Morgan fingerprint density at radius 3 is 2.48 bits per heavy atom. The normalized spacial score (nSPS) is 16.7. The first-order valence-corrected chi connectivity index (χ1v) is 8.09. The molecule has 0 unspecified atom stereocenters. The number of aromatic nitrogens is 1. The largest absolute Gasteiger partial charge is 0.352 e. The number of aromatic amines is 1. The van der Waals surface area contributed by atoms with Crippen LogP contribution in [0.3, 0.4) is 0 Å². The Morgan fingerprint density at radius 2 is 1.92 bits per heavy atom. The first kappa shape index (κ1) is 18.6. The summed E-state index contributed by atoms with van der Waals surface area (Å²) in [6.07, 6.45) is 0.808. The Balaban J connectivity index is 2.44. The molecule has 0 saturated heterocycles. The molecule has 0 radical (unpaired) electrons. The third-order valence-corrected chi connectivity index (χ3v) is 4.07. The standard InChI is InChI=1S/C18H21N3O4/c1-9(2)20-17(25)12(8-19)15(23)11-5-10-13(21-16(11)24)6-18(3,4)7-14(10)22/h5,9,12H,6-7H2,1-4H3,(H,20,25)(H,21,24)/t12-/m1/s1. The van der Waals surface area contributed by atoms with Gasteiger partial charge in [0.1, 0.15) is 0 Å². The number of ketones is 2. The lowest BCUT2D eigenvalue weighted by Crippen LogP contribution is -2.40. The fourth-order valence-corrected chi connectivity index (χ4v) is 2.97. The number of fused-ring (bicyclic) bond motifs is 1. The van der Waals surface area contributed by atoms with Crippen molar-refractivity contribution in [3.8, 4) is 6.07 Å². The van der Waals surface area contributed by atoms with Crippen LogP contribution in [0.15, 0.2) is 10.9 Å². The van der Waals surface area contributed by atoms with Gasteiger partial charge in [0.15, 0.2) is 17.5 Å². The summed E-state index contributed by atoms with van der Waals surface area (Å²) in [4.78, 5) is 51.7. The van der Waals surface area contributed by atoms with Crippen molar-refractivity contribution in [1.82, 2.24) is 10.3 Å². The number of amides is 1. The molecule has 25 heavy (non-hydrogen) atoms. The SMILES string of the molecule is CC(C)NC(=O)[C@H](C#N)C(=O)c1cc2c([nH]c1=O)CC(C)(C)CC2=O. The summed E-state index contributed by atoms with van der Waals surface area (Å²) in [5, 5.41) is 11.7. The van der Waals surface area contributed by atoms with Gasteiger partial charge in [0.05, 0.1) is 11.6 Å². The van der Waals surface area contributed by atoms with E-state index in [9.17, 15) is 24.4 Å². The Labute approximate surface area is 145 Å². The molecular formula is C18H21N3O4. The van der Waals surface area contributed by atoms with E-state index in [-0.39, 0.29) is 28.4 Å². The van der Waals surface area contributed by atoms with Crippen LogP contribution in [0.25, 0.3) is 0 Å². The van der Waals surface area contributed by atoms with Gasteiger partial charge < -0.3 is 10.3 Å². The number of Topliss-reactive ketones (excluding diaryl/α,β-unsaturated/α-hetero) is 2. The van der Waals surface area contributed by atoms with E-state index in [4.69, 9.17) is 0 Å². The highest BCUT2D eigenvalue weighted by molar-refractivity contribution is 6.13. The molecule has 1 amide bonds. The van der Waals surface area contributed by atoms with Gasteiger partial charge in [0.25, 0.3) is 5.56 Å². The first-order valence-electron chi connectivity index (χ1n) is 8.09. The van der Waals surface area contributed by atoms with Crippen LogP contribution in [0, 0.1) is 22.7 Å². The molecule has 0 fully saturated rings. The van der Waals surface area contributed by atoms with Gasteiger partial charge in [-0.2, -0.15) is 5.26 Å². The maximum Gasteiger partial charge on any atom is 0.259 e. The molecule has 1 atom stereocenters. The fraction of sp³-hybridized carbons (Fsp3) is 0.500. The van der Waals surface area contributed by atoms with E-state index in [0.29, 0.717) is 18.5 Å². The summed E-state index contributed by atoms with van der Waals surface area (Å²) >= 11 is 0. The van der Waals surface area contributed by atoms with E-state index in [1.54, 1.807) is 19.9 Å². The van der Waals surface area contributed by atoms with Gasteiger partial charge in [-0.05, 0) is 31.7 Å². The highest BCUT2D eigenvalue weighted by Crippen LogP contribution is 2.33.